The molecule has 2 aliphatic rings. The highest BCUT2D eigenvalue weighted by Gasteiger charge is 2.46. The Labute approximate surface area is 120 Å². The summed E-state index contributed by atoms with van der Waals surface area (Å²) < 4.78 is 5.06. The Hall–Kier alpha value is -1.35. The Kier molecular flexibility index (Phi) is 3.79. The number of methoxy groups -OCH3 is 1. The summed E-state index contributed by atoms with van der Waals surface area (Å²) in [5.74, 6) is 0.200. The molecule has 3 rings (SSSR count). The number of benzene rings is 1. The number of nitrogens with one attached hydrogen (secondary N) is 1. The van der Waals surface area contributed by atoms with Gasteiger partial charge in [0, 0.05) is 18.0 Å². The van der Waals surface area contributed by atoms with Crippen LogP contribution in [0.25, 0.3) is 0 Å². The lowest BCUT2D eigenvalue weighted by atomic mass is 9.77. The number of carbonyl (C=O) groups excluding carboxylic acids is 1. The minimum Gasteiger partial charge on any atom is -0.469 e. The number of hydrogen-bond acceptors (Lipinski definition) is 3. The van der Waals surface area contributed by atoms with Gasteiger partial charge in [-0.2, -0.15) is 0 Å². The monoisotopic (exact) mass is 273 g/mol. The van der Waals surface area contributed by atoms with E-state index >= 15 is 0 Å². The first-order valence-corrected chi connectivity index (χ1v) is 7.65. The van der Waals surface area contributed by atoms with E-state index in [2.05, 4.69) is 36.5 Å². The van der Waals surface area contributed by atoms with Crippen LogP contribution in [-0.2, 0) is 16.0 Å². The molecule has 0 unspecified atom stereocenters. The SMILES string of the molecule is CCc1ccc([C@H]2C[C@@H]3CC[C@@H](N3)[C@H]2C(=O)OC)cc1. The topological polar surface area (TPSA) is 38.3 Å². The molecule has 0 saturated carbocycles. The van der Waals surface area contributed by atoms with Gasteiger partial charge in [-0.05, 0) is 36.8 Å². The average molecular weight is 273 g/mol. The zero-order valence-electron chi connectivity index (χ0n) is 12.3. The Morgan fingerprint density at radius 3 is 2.70 bits per heavy atom. The second-order valence-corrected chi connectivity index (χ2v) is 6.03. The Bertz CT molecular complexity index is 482. The van der Waals surface area contributed by atoms with Crippen LogP contribution in [0, 0.1) is 5.92 Å². The lowest BCUT2D eigenvalue weighted by Crippen LogP contribution is -2.48. The number of aryl methyl sites for hydroxylation is 1. The molecule has 0 aliphatic carbocycles. The third-order valence-electron chi connectivity index (χ3n) is 4.97. The van der Waals surface area contributed by atoms with Gasteiger partial charge in [0.25, 0.3) is 0 Å². The van der Waals surface area contributed by atoms with Gasteiger partial charge in [0.05, 0.1) is 13.0 Å². The van der Waals surface area contributed by atoms with Crippen molar-refractivity contribution in [2.75, 3.05) is 7.11 Å². The fourth-order valence-corrected chi connectivity index (χ4v) is 3.86. The van der Waals surface area contributed by atoms with Gasteiger partial charge in [-0.3, -0.25) is 4.79 Å². The number of carbonyl (C=O) groups is 1. The van der Waals surface area contributed by atoms with E-state index in [0.29, 0.717) is 12.0 Å². The minimum atomic E-state index is -0.0626. The van der Waals surface area contributed by atoms with Gasteiger partial charge < -0.3 is 10.1 Å². The van der Waals surface area contributed by atoms with Crippen molar-refractivity contribution >= 4 is 5.97 Å². The molecule has 2 aliphatic heterocycles. The second-order valence-electron chi connectivity index (χ2n) is 6.03. The molecule has 0 amide bonds. The van der Waals surface area contributed by atoms with Gasteiger partial charge in [0.2, 0.25) is 0 Å². The molecule has 0 radical (unpaired) electrons. The smallest absolute Gasteiger partial charge is 0.310 e. The fourth-order valence-electron chi connectivity index (χ4n) is 3.86. The number of piperidine rings is 1. The molecule has 1 aromatic rings. The van der Waals surface area contributed by atoms with Gasteiger partial charge in [0.1, 0.15) is 0 Å². The first kappa shape index (κ1) is 13.6. The zero-order chi connectivity index (χ0) is 14.1. The van der Waals surface area contributed by atoms with Crippen molar-refractivity contribution in [1.82, 2.24) is 5.32 Å². The van der Waals surface area contributed by atoms with E-state index in [-0.39, 0.29) is 17.9 Å². The van der Waals surface area contributed by atoms with Gasteiger partial charge in [0.15, 0.2) is 0 Å². The maximum absolute atomic E-state index is 12.2. The summed E-state index contributed by atoms with van der Waals surface area (Å²) in [4.78, 5) is 12.2. The molecule has 2 saturated heterocycles. The third kappa shape index (κ3) is 2.35. The van der Waals surface area contributed by atoms with Gasteiger partial charge in [-0.25, -0.2) is 0 Å². The molecular weight excluding hydrogens is 250 g/mol. The molecule has 0 spiro atoms. The van der Waals surface area contributed by atoms with Crippen LogP contribution in [0.3, 0.4) is 0 Å². The van der Waals surface area contributed by atoms with Crippen LogP contribution in [-0.4, -0.2) is 25.2 Å². The van der Waals surface area contributed by atoms with E-state index in [1.807, 2.05) is 0 Å². The molecule has 2 bridgehead atoms. The molecule has 2 heterocycles. The largest absolute Gasteiger partial charge is 0.469 e. The van der Waals surface area contributed by atoms with Gasteiger partial charge >= 0.3 is 5.97 Å². The van der Waals surface area contributed by atoms with E-state index in [9.17, 15) is 4.79 Å². The van der Waals surface area contributed by atoms with Crippen molar-refractivity contribution in [3.8, 4) is 0 Å². The Morgan fingerprint density at radius 1 is 1.30 bits per heavy atom. The summed E-state index contributed by atoms with van der Waals surface area (Å²) in [6.07, 6.45) is 4.37. The second kappa shape index (κ2) is 5.57. The van der Waals surface area contributed by atoms with Crippen LogP contribution >= 0.6 is 0 Å². The number of ether oxygens (including phenoxy) is 1. The summed E-state index contributed by atoms with van der Waals surface area (Å²) in [5.41, 5.74) is 2.64. The predicted molar refractivity (Wildman–Crippen MR) is 78.6 cm³/mol. The van der Waals surface area contributed by atoms with Crippen LogP contribution in [0.5, 0.6) is 0 Å². The number of fused-ring (bicyclic) bond motifs is 2. The van der Waals surface area contributed by atoms with Crippen LogP contribution in [0.15, 0.2) is 24.3 Å². The van der Waals surface area contributed by atoms with Gasteiger partial charge in [-0.1, -0.05) is 31.2 Å². The van der Waals surface area contributed by atoms with Crippen LogP contribution in [0.2, 0.25) is 0 Å². The number of rotatable bonds is 3. The lowest BCUT2D eigenvalue weighted by molar-refractivity contribution is -0.148. The Morgan fingerprint density at radius 2 is 2.05 bits per heavy atom. The third-order valence-corrected chi connectivity index (χ3v) is 4.97. The van der Waals surface area contributed by atoms with Crippen LogP contribution in [0.4, 0.5) is 0 Å². The summed E-state index contributed by atoms with van der Waals surface area (Å²) in [5, 5.41) is 3.58. The number of esters is 1. The fraction of sp³-hybridized carbons (Fsp3) is 0.588. The molecule has 4 atom stereocenters. The summed E-state index contributed by atoms with van der Waals surface area (Å²) in [6.45, 7) is 2.16. The van der Waals surface area contributed by atoms with E-state index in [0.717, 1.165) is 19.3 Å². The highest BCUT2D eigenvalue weighted by molar-refractivity contribution is 5.75. The van der Waals surface area contributed by atoms with Crippen LogP contribution < -0.4 is 5.32 Å². The summed E-state index contributed by atoms with van der Waals surface area (Å²) >= 11 is 0. The quantitative estimate of drug-likeness (QED) is 0.860. The summed E-state index contributed by atoms with van der Waals surface area (Å²) in [7, 11) is 1.50. The average Bonchev–Trinajstić information content (AvgIpc) is 2.88. The lowest BCUT2D eigenvalue weighted by Gasteiger charge is -2.36. The molecule has 3 nitrogen and oxygen atoms in total. The molecule has 2 fully saturated rings. The molecule has 0 aromatic heterocycles. The van der Waals surface area contributed by atoms with Crippen molar-refractivity contribution < 1.29 is 9.53 Å². The summed E-state index contributed by atoms with van der Waals surface area (Å²) in [6, 6.07) is 9.63. The standard InChI is InChI=1S/C17H23NO2/c1-3-11-4-6-12(7-5-11)14-10-13-8-9-15(18-13)16(14)17(19)20-2/h4-7,13-16,18H,3,8-10H2,1-2H3/t13-,14+,15+,16-/m0/s1. The predicted octanol–water partition coefficient (Wildman–Crippen LogP) is 2.65. The number of hydrogen-bond donors (Lipinski definition) is 1. The van der Waals surface area contributed by atoms with Gasteiger partial charge in [-0.15, -0.1) is 0 Å². The molecule has 1 N–H and O–H groups in total. The first-order valence-electron chi connectivity index (χ1n) is 7.65. The van der Waals surface area contributed by atoms with Crippen molar-refractivity contribution in [1.29, 1.82) is 0 Å². The first-order chi connectivity index (χ1) is 9.72. The molecule has 108 valence electrons. The highest BCUT2D eigenvalue weighted by Crippen LogP contribution is 2.42. The van der Waals surface area contributed by atoms with E-state index < -0.39 is 0 Å². The van der Waals surface area contributed by atoms with Crippen molar-refractivity contribution in [2.24, 2.45) is 5.92 Å². The minimum absolute atomic E-state index is 0.0359. The van der Waals surface area contributed by atoms with Crippen LogP contribution in [0.1, 0.15) is 43.2 Å². The van der Waals surface area contributed by atoms with E-state index in [1.54, 1.807) is 0 Å². The highest BCUT2D eigenvalue weighted by atomic mass is 16.5. The zero-order valence-corrected chi connectivity index (χ0v) is 12.3. The molecule has 1 aromatic carbocycles. The molecular formula is C17H23NO2. The van der Waals surface area contributed by atoms with Crippen molar-refractivity contribution in [3.63, 3.8) is 0 Å². The van der Waals surface area contributed by atoms with Crippen molar-refractivity contribution in [2.45, 2.75) is 50.6 Å². The van der Waals surface area contributed by atoms with Crippen molar-refractivity contribution in [3.05, 3.63) is 35.4 Å². The Balaban J connectivity index is 1.89. The molecule has 3 heteroatoms. The van der Waals surface area contributed by atoms with E-state index in [1.165, 1.54) is 24.7 Å². The molecule has 20 heavy (non-hydrogen) atoms. The normalized spacial score (nSPS) is 32.1. The maximum Gasteiger partial charge on any atom is 0.310 e. The maximum atomic E-state index is 12.2. The van der Waals surface area contributed by atoms with E-state index in [4.69, 9.17) is 4.74 Å².